The van der Waals surface area contributed by atoms with Gasteiger partial charge in [-0.25, -0.2) is 4.99 Å². The van der Waals surface area contributed by atoms with E-state index in [1.165, 1.54) is 17.0 Å². The van der Waals surface area contributed by atoms with Crippen molar-refractivity contribution in [3.63, 3.8) is 0 Å². The van der Waals surface area contributed by atoms with Crippen LogP contribution in [-0.2, 0) is 16.1 Å². The van der Waals surface area contributed by atoms with Gasteiger partial charge in [0, 0.05) is 32.5 Å². The van der Waals surface area contributed by atoms with Crippen molar-refractivity contribution in [3.8, 4) is 5.75 Å². The van der Waals surface area contributed by atoms with Gasteiger partial charge in [0.15, 0.2) is 12.6 Å². The summed E-state index contributed by atoms with van der Waals surface area (Å²) in [6, 6.07) is 6.21. The van der Waals surface area contributed by atoms with Crippen molar-refractivity contribution in [1.29, 1.82) is 0 Å². The maximum Gasteiger partial charge on any atom is 0.422 e. The molecule has 30 heavy (non-hydrogen) atoms. The summed E-state index contributed by atoms with van der Waals surface area (Å²) < 4.78 is 41.2. The Bertz CT molecular complexity index is 711. The number of rotatable bonds is 8. The minimum Gasteiger partial charge on any atom is -0.484 e. The second kappa shape index (κ2) is 12.6. The van der Waals surface area contributed by atoms with Crippen molar-refractivity contribution in [1.82, 2.24) is 15.5 Å². The van der Waals surface area contributed by atoms with Crippen molar-refractivity contribution in [2.24, 2.45) is 4.99 Å². The Morgan fingerprint density at radius 1 is 1.13 bits per heavy atom. The summed E-state index contributed by atoms with van der Waals surface area (Å²) in [4.78, 5) is 29.3. The smallest absolute Gasteiger partial charge is 0.422 e. The summed E-state index contributed by atoms with van der Waals surface area (Å²) in [5.41, 5.74) is 0.794. The number of alkyl halides is 3. The number of imide groups is 1. The van der Waals surface area contributed by atoms with Gasteiger partial charge in [0.1, 0.15) is 5.75 Å². The molecule has 0 spiro atoms. The number of hydrogen-bond donors (Lipinski definition) is 2. The molecule has 11 heteroatoms. The summed E-state index contributed by atoms with van der Waals surface area (Å²) in [6.07, 6.45) is -2.99. The molecule has 168 valence electrons. The number of ether oxygens (including phenoxy) is 1. The summed E-state index contributed by atoms with van der Waals surface area (Å²) in [7, 11) is 0. The number of carbonyl (C=O) groups is 2. The Balaban J connectivity index is 0.00000450. The number of likely N-dealkylation sites (tertiary alicyclic amines) is 1. The molecule has 1 fully saturated rings. The van der Waals surface area contributed by atoms with E-state index in [1.807, 2.05) is 6.92 Å². The average molecular weight is 542 g/mol. The van der Waals surface area contributed by atoms with E-state index in [4.69, 9.17) is 0 Å². The lowest BCUT2D eigenvalue weighted by atomic mass is 10.1. The van der Waals surface area contributed by atoms with Crippen LogP contribution in [0, 0.1) is 0 Å². The molecule has 2 rings (SSSR count). The molecular weight excluding hydrogens is 516 g/mol. The number of benzene rings is 1. The zero-order valence-electron chi connectivity index (χ0n) is 16.6. The maximum absolute atomic E-state index is 12.2. The standard InChI is InChI=1S/C19H25F3N4O3.HI/c1-2-23-18(24-10-11-26-16(27)4-3-5-17(26)28)25-12-14-6-8-15(9-7-14)29-13-19(20,21)22;/h6-9H,2-5,10-13H2,1H3,(H2,23,24,25);1H. The first-order chi connectivity index (χ1) is 13.8. The van der Waals surface area contributed by atoms with Crippen molar-refractivity contribution in [2.45, 2.75) is 38.9 Å². The van der Waals surface area contributed by atoms with Crippen LogP contribution in [-0.4, -0.2) is 55.1 Å². The first-order valence-electron chi connectivity index (χ1n) is 9.42. The van der Waals surface area contributed by atoms with E-state index in [2.05, 4.69) is 20.4 Å². The lowest BCUT2D eigenvalue weighted by molar-refractivity contribution is -0.153. The first kappa shape index (κ1) is 26.0. The summed E-state index contributed by atoms with van der Waals surface area (Å²) >= 11 is 0. The van der Waals surface area contributed by atoms with E-state index in [-0.39, 0.29) is 48.1 Å². The highest BCUT2D eigenvalue weighted by Gasteiger charge is 2.28. The molecule has 0 atom stereocenters. The average Bonchev–Trinajstić information content (AvgIpc) is 2.67. The number of nitrogens with zero attached hydrogens (tertiary/aromatic N) is 2. The van der Waals surface area contributed by atoms with Crippen LogP contribution >= 0.6 is 24.0 Å². The maximum atomic E-state index is 12.2. The predicted octanol–water partition coefficient (Wildman–Crippen LogP) is 2.84. The van der Waals surface area contributed by atoms with E-state index in [9.17, 15) is 22.8 Å². The molecule has 2 amide bonds. The molecule has 2 N–H and O–H groups in total. The number of carbonyl (C=O) groups excluding carboxylic acids is 2. The predicted molar refractivity (Wildman–Crippen MR) is 117 cm³/mol. The topological polar surface area (TPSA) is 83.0 Å². The van der Waals surface area contributed by atoms with Crippen LogP contribution in [0.4, 0.5) is 13.2 Å². The minimum absolute atomic E-state index is 0. The van der Waals surface area contributed by atoms with Gasteiger partial charge in [0.25, 0.3) is 0 Å². The van der Waals surface area contributed by atoms with Crippen molar-refractivity contribution >= 4 is 41.8 Å². The quantitative estimate of drug-likeness (QED) is 0.229. The van der Waals surface area contributed by atoms with Crippen molar-refractivity contribution < 1.29 is 27.5 Å². The van der Waals surface area contributed by atoms with Gasteiger partial charge < -0.3 is 15.4 Å². The summed E-state index contributed by atoms with van der Waals surface area (Å²) in [6.45, 7) is 2.14. The fourth-order valence-corrected chi connectivity index (χ4v) is 2.70. The van der Waals surface area contributed by atoms with Crippen molar-refractivity contribution in [2.75, 3.05) is 26.2 Å². The number of aliphatic imine (C=N–C) groups is 1. The van der Waals surface area contributed by atoms with Crippen LogP contribution in [0.15, 0.2) is 29.3 Å². The molecule has 0 radical (unpaired) electrons. The molecule has 1 saturated heterocycles. The third-order valence-electron chi connectivity index (χ3n) is 4.10. The summed E-state index contributed by atoms with van der Waals surface area (Å²) in [5.74, 6) is 0.341. The zero-order chi connectivity index (χ0) is 21.3. The number of hydrogen-bond acceptors (Lipinski definition) is 4. The van der Waals surface area contributed by atoms with Crippen LogP contribution < -0.4 is 15.4 Å². The first-order valence-corrected chi connectivity index (χ1v) is 9.42. The Kier molecular flexibility index (Phi) is 10.9. The third-order valence-corrected chi connectivity index (χ3v) is 4.10. The molecule has 0 aliphatic carbocycles. The molecule has 0 bridgehead atoms. The van der Waals surface area contributed by atoms with E-state index in [1.54, 1.807) is 12.1 Å². The fourth-order valence-electron chi connectivity index (χ4n) is 2.70. The minimum atomic E-state index is -4.38. The normalized spacial score (nSPS) is 14.9. The number of halogens is 4. The Labute approximate surface area is 190 Å². The van der Waals surface area contributed by atoms with Gasteiger partial charge >= 0.3 is 6.18 Å². The van der Waals surface area contributed by atoms with Gasteiger partial charge in [-0.05, 0) is 31.0 Å². The van der Waals surface area contributed by atoms with Gasteiger partial charge in [-0.3, -0.25) is 14.5 Å². The molecule has 0 saturated carbocycles. The van der Waals surface area contributed by atoms with Gasteiger partial charge in [0.05, 0.1) is 6.54 Å². The molecular formula is C19H26F3IN4O3. The van der Waals surface area contributed by atoms with Crippen LogP contribution in [0.5, 0.6) is 5.75 Å². The molecule has 0 aromatic heterocycles. The van der Waals surface area contributed by atoms with Gasteiger partial charge in [-0.15, -0.1) is 24.0 Å². The number of guanidine groups is 1. The van der Waals surface area contributed by atoms with Crippen LogP contribution in [0.25, 0.3) is 0 Å². The molecule has 1 aliphatic heterocycles. The molecule has 1 heterocycles. The lowest BCUT2D eigenvalue weighted by Gasteiger charge is -2.25. The van der Waals surface area contributed by atoms with Gasteiger partial charge in [0.2, 0.25) is 11.8 Å². The largest absolute Gasteiger partial charge is 0.484 e. The molecule has 1 aromatic rings. The number of amides is 2. The Hall–Kier alpha value is -2.05. The van der Waals surface area contributed by atoms with Gasteiger partial charge in [-0.1, -0.05) is 12.1 Å². The van der Waals surface area contributed by atoms with Crippen LogP contribution in [0.1, 0.15) is 31.7 Å². The van der Waals surface area contributed by atoms with Crippen molar-refractivity contribution in [3.05, 3.63) is 29.8 Å². The molecule has 0 unspecified atom stereocenters. The van der Waals surface area contributed by atoms with E-state index in [0.717, 1.165) is 5.56 Å². The Morgan fingerprint density at radius 2 is 1.77 bits per heavy atom. The van der Waals surface area contributed by atoms with Crippen LogP contribution in [0.3, 0.4) is 0 Å². The zero-order valence-corrected chi connectivity index (χ0v) is 19.0. The van der Waals surface area contributed by atoms with E-state index < -0.39 is 12.8 Å². The molecule has 1 aromatic carbocycles. The monoisotopic (exact) mass is 542 g/mol. The number of nitrogens with one attached hydrogen (secondary N) is 2. The highest BCUT2D eigenvalue weighted by molar-refractivity contribution is 14.0. The number of piperidine rings is 1. The third kappa shape index (κ3) is 9.18. The highest BCUT2D eigenvalue weighted by Crippen LogP contribution is 2.19. The van der Waals surface area contributed by atoms with E-state index in [0.29, 0.717) is 44.9 Å². The van der Waals surface area contributed by atoms with E-state index >= 15 is 0 Å². The summed E-state index contributed by atoms with van der Waals surface area (Å²) in [5, 5.41) is 6.13. The Morgan fingerprint density at radius 3 is 2.33 bits per heavy atom. The molecule has 1 aliphatic rings. The fraction of sp³-hybridized carbons (Fsp3) is 0.526. The SMILES string of the molecule is CCNC(=NCc1ccc(OCC(F)(F)F)cc1)NCCN1C(=O)CCCC1=O.I. The van der Waals surface area contributed by atoms with Crippen LogP contribution in [0.2, 0.25) is 0 Å². The lowest BCUT2D eigenvalue weighted by Crippen LogP contribution is -2.46. The molecule has 7 nitrogen and oxygen atoms in total. The second-order valence-electron chi connectivity index (χ2n) is 6.46. The van der Waals surface area contributed by atoms with Gasteiger partial charge in [-0.2, -0.15) is 13.2 Å². The highest BCUT2D eigenvalue weighted by atomic mass is 127. The second-order valence-corrected chi connectivity index (χ2v) is 6.46.